The van der Waals surface area contributed by atoms with Gasteiger partial charge in [0.1, 0.15) is 5.57 Å². The smallest absolute Gasteiger partial charge is 0.335 e. The van der Waals surface area contributed by atoms with E-state index in [1.54, 1.807) is 18.2 Å². The van der Waals surface area contributed by atoms with E-state index < -0.39 is 22.8 Å². The summed E-state index contributed by atoms with van der Waals surface area (Å²) in [5.74, 6) is -0.728. The average molecular weight is 425 g/mol. The summed E-state index contributed by atoms with van der Waals surface area (Å²) in [6.45, 7) is 4.47. The Balaban J connectivity index is 1.97. The second-order valence-corrected chi connectivity index (χ2v) is 6.30. The third-order valence-corrected chi connectivity index (χ3v) is 4.30. The van der Waals surface area contributed by atoms with E-state index in [0.717, 1.165) is 17.0 Å². The summed E-state index contributed by atoms with van der Waals surface area (Å²) in [6, 6.07) is 8.82. The number of rotatable bonds is 7. The number of nitro benzene ring substituents is 1. The lowest BCUT2D eigenvalue weighted by atomic mass is 10.1. The molecule has 1 aliphatic rings. The van der Waals surface area contributed by atoms with Crippen molar-refractivity contribution in [2.24, 2.45) is 0 Å². The van der Waals surface area contributed by atoms with Gasteiger partial charge in [-0.3, -0.25) is 25.0 Å². The molecule has 1 saturated heterocycles. The fraction of sp³-hybridized carbons (Fsp3) is 0.190. The fourth-order valence-electron chi connectivity index (χ4n) is 2.94. The van der Waals surface area contributed by atoms with Crippen molar-refractivity contribution in [2.45, 2.75) is 13.8 Å². The molecule has 1 N–H and O–H groups in total. The molecule has 31 heavy (non-hydrogen) atoms. The number of anilines is 1. The maximum absolute atomic E-state index is 12.9. The van der Waals surface area contributed by atoms with Gasteiger partial charge >= 0.3 is 6.03 Å². The summed E-state index contributed by atoms with van der Waals surface area (Å²) >= 11 is 0. The number of non-ortho nitro benzene ring substituents is 1. The minimum absolute atomic E-state index is 0.0909. The minimum atomic E-state index is -0.942. The van der Waals surface area contributed by atoms with E-state index in [4.69, 9.17) is 9.47 Å². The van der Waals surface area contributed by atoms with E-state index in [-0.39, 0.29) is 16.9 Å². The lowest BCUT2D eigenvalue weighted by Gasteiger charge is -2.26. The number of imide groups is 2. The van der Waals surface area contributed by atoms with E-state index in [1.807, 2.05) is 13.8 Å². The number of hydrogen-bond acceptors (Lipinski definition) is 7. The Morgan fingerprint density at radius 1 is 1.00 bits per heavy atom. The van der Waals surface area contributed by atoms with Crippen LogP contribution in [0, 0.1) is 10.1 Å². The Labute approximate surface area is 177 Å². The molecular formula is C21H19N3O7. The molecule has 0 bridgehead atoms. The van der Waals surface area contributed by atoms with E-state index >= 15 is 0 Å². The van der Waals surface area contributed by atoms with Crippen LogP contribution in [0.15, 0.2) is 48.0 Å². The predicted molar refractivity (Wildman–Crippen MR) is 111 cm³/mol. The van der Waals surface area contributed by atoms with Gasteiger partial charge < -0.3 is 9.47 Å². The van der Waals surface area contributed by atoms with Crippen LogP contribution < -0.4 is 19.7 Å². The molecule has 0 spiro atoms. The van der Waals surface area contributed by atoms with Gasteiger partial charge in [0.15, 0.2) is 11.5 Å². The second kappa shape index (κ2) is 9.08. The van der Waals surface area contributed by atoms with Gasteiger partial charge in [-0.1, -0.05) is 6.07 Å². The summed E-state index contributed by atoms with van der Waals surface area (Å²) in [5.41, 5.74) is 0.111. The van der Waals surface area contributed by atoms with Crippen molar-refractivity contribution >= 4 is 35.3 Å². The maximum atomic E-state index is 12.9. The van der Waals surface area contributed by atoms with E-state index in [2.05, 4.69) is 5.32 Å². The standard InChI is InChI=1S/C21H19N3O7/c1-3-30-17-10-5-13(12-18(17)31-4-2)11-16-19(25)22-21(27)23(20(16)26)14-6-8-15(9-7-14)24(28)29/h5-12H,3-4H2,1-2H3,(H,22,25,27)/b16-11+. The number of hydrogen-bond donors (Lipinski definition) is 1. The third kappa shape index (κ3) is 4.53. The quantitative estimate of drug-likeness (QED) is 0.312. The zero-order valence-electron chi connectivity index (χ0n) is 16.8. The molecule has 0 radical (unpaired) electrons. The largest absolute Gasteiger partial charge is 0.490 e. The molecule has 4 amide bonds. The monoisotopic (exact) mass is 425 g/mol. The van der Waals surface area contributed by atoms with Crippen LogP contribution in [0.3, 0.4) is 0 Å². The number of barbiturate groups is 1. The van der Waals surface area contributed by atoms with Gasteiger partial charge in [-0.2, -0.15) is 0 Å². The number of amides is 4. The molecule has 0 aliphatic carbocycles. The Kier molecular flexibility index (Phi) is 6.29. The molecule has 1 fully saturated rings. The van der Waals surface area contributed by atoms with Crippen LogP contribution in [0.1, 0.15) is 19.4 Å². The predicted octanol–water partition coefficient (Wildman–Crippen LogP) is 3.06. The van der Waals surface area contributed by atoms with Crippen molar-refractivity contribution in [3.05, 3.63) is 63.7 Å². The lowest BCUT2D eigenvalue weighted by Crippen LogP contribution is -2.54. The molecule has 2 aromatic carbocycles. The van der Waals surface area contributed by atoms with E-state index in [1.165, 1.54) is 18.2 Å². The van der Waals surface area contributed by atoms with Crippen LogP contribution >= 0.6 is 0 Å². The first-order valence-electron chi connectivity index (χ1n) is 9.41. The number of carbonyl (C=O) groups excluding carboxylic acids is 3. The van der Waals surface area contributed by atoms with Gasteiger partial charge in [0, 0.05) is 12.1 Å². The van der Waals surface area contributed by atoms with Crippen molar-refractivity contribution in [1.29, 1.82) is 0 Å². The summed E-state index contributed by atoms with van der Waals surface area (Å²) < 4.78 is 11.1. The molecule has 2 aromatic rings. The SMILES string of the molecule is CCOc1ccc(/C=C2\C(=O)NC(=O)N(c3ccc([N+](=O)[O-])cc3)C2=O)cc1OCC. The zero-order chi connectivity index (χ0) is 22.5. The van der Waals surface area contributed by atoms with Gasteiger partial charge in [0.25, 0.3) is 17.5 Å². The first-order chi connectivity index (χ1) is 14.8. The highest BCUT2D eigenvalue weighted by Crippen LogP contribution is 2.30. The molecule has 0 aromatic heterocycles. The van der Waals surface area contributed by atoms with Crippen LogP contribution in [0.5, 0.6) is 11.5 Å². The summed E-state index contributed by atoms with van der Waals surface area (Å²) in [4.78, 5) is 48.5. The number of carbonyl (C=O) groups is 3. The summed E-state index contributed by atoms with van der Waals surface area (Å²) in [7, 11) is 0. The molecular weight excluding hydrogens is 406 g/mol. The van der Waals surface area contributed by atoms with Crippen molar-refractivity contribution in [3.63, 3.8) is 0 Å². The van der Waals surface area contributed by atoms with Crippen molar-refractivity contribution in [3.8, 4) is 11.5 Å². The number of ether oxygens (including phenoxy) is 2. The van der Waals surface area contributed by atoms with Crippen LogP contribution in [-0.2, 0) is 9.59 Å². The Morgan fingerprint density at radius 2 is 1.65 bits per heavy atom. The molecule has 10 heteroatoms. The van der Waals surface area contributed by atoms with Crippen LogP contribution in [0.25, 0.3) is 6.08 Å². The van der Waals surface area contributed by atoms with Crippen LogP contribution in [-0.4, -0.2) is 36.0 Å². The first kappa shape index (κ1) is 21.5. The zero-order valence-corrected chi connectivity index (χ0v) is 16.8. The first-order valence-corrected chi connectivity index (χ1v) is 9.41. The van der Waals surface area contributed by atoms with Crippen molar-refractivity contribution < 1.29 is 28.8 Å². The van der Waals surface area contributed by atoms with E-state index in [9.17, 15) is 24.5 Å². The molecule has 1 heterocycles. The van der Waals surface area contributed by atoms with Gasteiger partial charge in [0.2, 0.25) is 0 Å². The summed E-state index contributed by atoms with van der Waals surface area (Å²) in [5, 5.41) is 12.9. The van der Waals surface area contributed by atoms with Gasteiger partial charge in [-0.15, -0.1) is 0 Å². The number of nitrogens with zero attached hydrogens (tertiary/aromatic N) is 2. The Hall–Kier alpha value is -4.21. The Morgan fingerprint density at radius 3 is 2.26 bits per heavy atom. The molecule has 0 unspecified atom stereocenters. The number of urea groups is 1. The van der Waals surface area contributed by atoms with Crippen molar-refractivity contribution in [1.82, 2.24) is 5.32 Å². The molecule has 0 saturated carbocycles. The van der Waals surface area contributed by atoms with Gasteiger partial charge in [0.05, 0.1) is 23.8 Å². The van der Waals surface area contributed by atoms with Gasteiger partial charge in [-0.25, -0.2) is 9.69 Å². The number of benzene rings is 2. The molecule has 1 aliphatic heterocycles. The average Bonchev–Trinajstić information content (AvgIpc) is 2.73. The maximum Gasteiger partial charge on any atom is 0.335 e. The lowest BCUT2D eigenvalue weighted by molar-refractivity contribution is -0.384. The van der Waals surface area contributed by atoms with Crippen molar-refractivity contribution in [2.75, 3.05) is 18.1 Å². The fourth-order valence-corrected chi connectivity index (χ4v) is 2.94. The van der Waals surface area contributed by atoms with Crippen LogP contribution in [0.2, 0.25) is 0 Å². The highest BCUT2D eigenvalue weighted by Gasteiger charge is 2.37. The summed E-state index contributed by atoms with van der Waals surface area (Å²) in [6.07, 6.45) is 1.33. The molecule has 10 nitrogen and oxygen atoms in total. The number of nitrogens with one attached hydrogen (secondary N) is 1. The topological polar surface area (TPSA) is 128 Å². The van der Waals surface area contributed by atoms with E-state index in [0.29, 0.717) is 30.3 Å². The highest BCUT2D eigenvalue weighted by molar-refractivity contribution is 6.39. The molecule has 0 atom stereocenters. The second-order valence-electron chi connectivity index (χ2n) is 6.30. The molecule has 3 rings (SSSR count). The Bertz CT molecular complexity index is 1080. The normalized spacial score (nSPS) is 15.1. The van der Waals surface area contributed by atoms with Crippen LogP contribution in [0.4, 0.5) is 16.2 Å². The third-order valence-electron chi connectivity index (χ3n) is 4.30. The number of nitro groups is 1. The van der Waals surface area contributed by atoms with Gasteiger partial charge in [-0.05, 0) is 49.8 Å². The minimum Gasteiger partial charge on any atom is -0.490 e. The highest BCUT2D eigenvalue weighted by atomic mass is 16.6. The molecule has 160 valence electrons.